The van der Waals surface area contributed by atoms with Crippen LogP contribution in [0.15, 0.2) is 18.2 Å². The van der Waals surface area contributed by atoms with Crippen LogP contribution in [0.4, 0.5) is 0 Å². The number of amides is 1. The Balaban J connectivity index is 1.76. The first kappa shape index (κ1) is 16.5. The van der Waals surface area contributed by atoms with Crippen molar-refractivity contribution in [3.05, 3.63) is 34.9 Å². The standard InChI is InChI=1S/C18H25NO3/c1-13(2)22-18(21)9-10-19-17(20)12-14-7-8-15-5-3-4-6-16(15)11-14/h7-8,11,13H,3-6,9-10,12H2,1-2H3,(H,19,20). The van der Waals surface area contributed by atoms with Crippen molar-refractivity contribution < 1.29 is 14.3 Å². The Morgan fingerprint density at radius 2 is 1.91 bits per heavy atom. The molecule has 0 unspecified atom stereocenters. The lowest BCUT2D eigenvalue weighted by Gasteiger charge is -2.16. The molecule has 0 saturated carbocycles. The fourth-order valence-electron chi connectivity index (χ4n) is 2.77. The van der Waals surface area contributed by atoms with Crippen LogP contribution < -0.4 is 5.32 Å². The number of rotatable bonds is 6. The van der Waals surface area contributed by atoms with E-state index in [4.69, 9.17) is 4.74 Å². The summed E-state index contributed by atoms with van der Waals surface area (Å²) in [4.78, 5) is 23.3. The van der Waals surface area contributed by atoms with Gasteiger partial charge in [0.1, 0.15) is 0 Å². The number of hydrogen-bond donors (Lipinski definition) is 1. The summed E-state index contributed by atoms with van der Waals surface area (Å²) in [6, 6.07) is 6.34. The summed E-state index contributed by atoms with van der Waals surface area (Å²) in [6.07, 6.45) is 5.24. The van der Waals surface area contributed by atoms with Gasteiger partial charge in [0.05, 0.1) is 18.9 Å². The van der Waals surface area contributed by atoms with Gasteiger partial charge in [0.2, 0.25) is 5.91 Å². The Labute approximate surface area is 132 Å². The quantitative estimate of drug-likeness (QED) is 0.822. The van der Waals surface area contributed by atoms with Crippen LogP contribution in [0.3, 0.4) is 0 Å². The van der Waals surface area contributed by atoms with E-state index in [0.717, 1.165) is 18.4 Å². The molecular weight excluding hydrogens is 278 g/mol. The minimum Gasteiger partial charge on any atom is -0.463 e. The summed E-state index contributed by atoms with van der Waals surface area (Å²) in [6.45, 7) is 3.95. The van der Waals surface area contributed by atoms with Crippen molar-refractivity contribution in [2.24, 2.45) is 0 Å². The van der Waals surface area contributed by atoms with Crippen molar-refractivity contribution in [1.29, 1.82) is 0 Å². The number of aryl methyl sites for hydroxylation is 2. The van der Waals surface area contributed by atoms with E-state index >= 15 is 0 Å². The lowest BCUT2D eigenvalue weighted by Crippen LogP contribution is -2.28. The Morgan fingerprint density at radius 3 is 2.64 bits per heavy atom. The van der Waals surface area contributed by atoms with E-state index in [1.165, 1.54) is 24.0 Å². The lowest BCUT2D eigenvalue weighted by molar-refractivity contribution is -0.147. The number of fused-ring (bicyclic) bond motifs is 1. The van der Waals surface area contributed by atoms with Crippen molar-refractivity contribution in [1.82, 2.24) is 5.32 Å². The SMILES string of the molecule is CC(C)OC(=O)CCNC(=O)Cc1ccc2c(c1)CCCC2. The van der Waals surface area contributed by atoms with Crippen molar-refractivity contribution >= 4 is 11.9 Å². The highest BCUT2D eigenvalue weighted by molar-refractivity contribution is 5.79. The molecule has 0 spiro atoms. The van der Waals surface area contributed by atoms with E-state index in [2.05, 4.69) is 17.4 Å². The third-order valence-electron chi connectivity index (χ3n) is 3.80. The molecule has 0 saturated heterocycles. The number of hydrogen-bond acceptors (Lipinski definition) is 3. The average molecular weight is 303 g/mol. The van der Waals surface area contributed by atoms with Crippen molar-refractivity contribution in [3.63, 3.8) is 0 Å². The van der Waals surface area contributed by atoms with E-state index in [9.17, 15) is 9.59 Å². The maximum atomic E-state index is 11.9. The van der Waals surface area contributed by atoms with Gasteiger partial charge >= 0.3 is 5.97 Å². The van der Waals surface area contributed by atoms with Crippen LogP contribution in [0.25, 0.3) is 0 Å². The van der Waals surface area contributed by atoms with Crippen molar-refractivity contribution in [3.8, 4) is 0 Å². The predicted octanol–water partition coefficient (Wildman–Crippen LogP) is 2.57. The molecule has 0 radical (unpaired) electrons. The smallest absolute Gasteiger partial charge is 0.307 e. The second-order valence-corrected chi connectivity index (χ2v) is 6.13. The predicted molar refractivity (Wildman–Crippen MR) is 85.6 cm³/mol. The van der Waals surface area contributed by atoms with Gasteiger partial charge in [-0.15, -0.1) is 0 Å². The average Bonchev–Trinajstić information content (AvgIpc) is 2.46. The highest BCUT2D eigenvalue weighted by atomic mass is 16.5. The highest BCUT2D eigenvalue weighted by Crippen LogP contribution is 2.22. The lowest BCUT2D eigenvalue weighted by atomic mass is 9.90. The molecule has 1 aliphatic carbocycles. The number of carbonyl (C=O) groups excluding carboxylic acids is 2. The van der Waals surface area contributed by atoms with Crippen LogP contribution in [0, 0.1) is 0 Å². The first-order chi connectivity index (χ1) is 10.5. The molecule has 0 heterocycles. The topological polar surface area (TPSA) is 55.4 Å². The summed E-state index contributed by atoms with van der Waals surface area (Å²) >= 11 is 0. The van der Waals surface area contributed by atoms with E-state index in [1.807, 2.05) is 19.9 Å². The number of benzene rings is 1. The summed E-state index contributed by atoms with van der Waals surface area (Å²) in [7, 11) is 0. The minimum atomic E-state index is -0.274. The van der Waals surface area contributed by atoms with Gasteiger partial charge in [-0.05, 0) is 56.2 Å². The molecule has 0 aliphatic heterocycles. The molecule has 0 fully saturated rings. The molecule has 120 valence electrons. The van der Waals surface area contributed by atoms with E-state index in [0.29, 0.717) is 13.0 Å². The molecule has 0 aromatic heterocycles. The summed E-state index contributed by atoms with van der Waals surface area (Å²) in [5, 5.41) is 2.78. The summed E-state index contributed by atoms with van der Waals surface area (Å²) in [5.41, 5.74) is 3.85. The van der Waals surface area contributed by atoms with Gasteiger partial charge in [-0.1, -0.05) is 18.2 Å². The second-order valence-electron chi connectivity index (χ2n) is 6.13. The van der Waals surface area contributed by atoms with Crippen molar-refractivity contribution in [2.75, 3.05) is 6.54 Å². The molecule has 0 bridgehead atoms. The molecule has 1 aliphatic rings. The van der Waals surface area contributed by atoms with Gasteiger partial charge in [-0.2, -0.15) is 0 Å². The van der Waals surface area contributed by atoms with Gasteiger partial charge in [-0.25, -0.2) is 0 Å². The van der Waals surface area contributed by atoms with E-state index in [-0.39, 0.29) is 24.4 Å². The fourth-order valence-corrected chi connectivity index (χ4v) is 2.77. The number of esters is 1. The molecule has 4 nitrogen and oxygen atoms in total. The minimum absolute atomic E-state index is 0.0480. The highest BCUT2D eigenvalue weighted by Gasteiger charge is 2.11. The van der Waals surface area contributed by atoms with Gasteiger partial charge in [-0.3, -0.25) is 9.59 Å². The molecule has 1 amide bonds. The van der Waals surface area contributed by atoms with Crippen LogP contribution in [0.1, 0.15) is 49.8 Å². The van der Waals surface area contributed by atoms with Crippen LogP contribution in [-0.2, 0) is 33.6 Å². The third-order valence-corrected chi connectivity index (χ3v) is 3.80. The van der Waals surface area contributed by atoms with Gasteiger partial charge in [0.15, 0.2) is 0 Å². The molecule has 1 aromatic carbocycles. The molecule has 1 N–H and O–H groups in total. The zero-order valence-corrected chi connectivity index (χ0v) is 13.5. The maximum absolute atomic E-state index is 11.9. The largest absolute Gasteiger partial charge is 0.463 e. The van der Waals surface area contributed by atoms with Crippen molar-refractivity contribution in [2.45, 2.75) is 58.5 Å². The zero-order chi connectivity index (χ0) is 15.9. The zero-order valence-electron chi connectivity index (χ0n) is 13.5. The summed E-state index contributed by atoms with van der Waals surface area (Å²) in [5.74, 6) is -0.322. The van der Waals surface area contributed by atoms with Crippen LogP contribution in [0.5, 0.6) is 0 Å². The monoisotopic (exact) mass is 303 g/mol. The Bertz CT molecular complexity index is 537. The molecule has 22 heavy (non-hydrogen) atoms. The van der Waals surface area contributed by atoms with Gasteiger partial charge in [0, 0.05) is 6.54 Å². The van der Waals surface area contributed by atoms with Crippen LogP contribution in [-0.4, -0.2) is 24.5 Å². The normalized spacial score (nSPS) is 13.6. The number of nitrogens with one attached hydrogen (secondary N) is 1. The Hall–Kier alpha value is -1.84. The summed E-state index contributed by atoms with van der Waals surface area (Å²) < 4.78 is 5.02. The first-order valence-electron chi connectivity index (χ1n) is 8.11. The number of ether oxygens (including phenoxy) is 1. The first-order valence-corrected chi connectivity index (χ1v) is 8.11. The molecule has 1 aromatic rings. The molecule has 4 heteroatoms. The third kappa shape index (κ3) is 5.17. The maximum Gasteiger partial charge on any atom is 0.307 e. The van der Waals surface area contributed by atoms with Crippen LogP contribution >= 0.6 is 0 Å². The van der Waals surface area contributed by atoms with Crippen LogP contribution in [0.2, 0.25) is 0 Å². The van der Waals surface area contributed by atoms with Gasteiger partial charge < -0.3 is 10.1 Å². The number of carbonyl (C=O) groups is 2. The van der Waals surface area contributed by atoms with Gasteiger partial charge in [0.25, 0.3) is 0 Å². The molecule has 0 atom stereocenters. The second kappa shape index (κ2) is 7.97. The fraction of sp³-hybridized carbons (Fsp3) is 0.556. The Kier molecular flexibility index (Phi) is 5.99. The molecule has 2 rings (SSSR count). The molecular formula is C18H25NO3. The van der Waals surface area contributed by atoms with E-state index in [1.54, 1.807) is 0 Å². The Morgan fingerprint density at radius 1 is 1.18 bits per heavy atom. The van der Waals surface area contributed by atoms with E-state index < -0.39 is 0 Å².